The molecule has 33 heavy (non-hydrogen) atoms. The first-order valence-electron chi connectivity index (χ1n) is 11.4. The summed E-state index contributed by atoms with van der Waals surface area (Å²) < 4.78 is 10.6. The maximum Gasteiger partial charge on any atom is 0.318 e. The molecule has 0 bridgehead atoms. The van der Waals surface area contributed by atoms with Crippen LogP contribution in [0.15, 0.2) is 53.3 Å². The Bertz CT molecular complexity index is 1150. The average molecular weight is 450 g/mol. The molecule has 7 nitrogen and oxygen atoms in total. The molecule has 0 radical (unpaired) electrons. The molecule has 0 aliphatic heterocycles. The summed E-state index contributed by atoms with van der Waals surface area (Å²) in [5.41, 5.74) is 2.03. The minimum Gasteiger partial charge on any atom is -0.497 e. The third kappa shape index (κ3) is 5.66. The third-order valence-corrected chi connectivity index (χ3v) is 6.24. The molecule has 3 aromatic rings. The number of hydrogen-bond donors (Lipinski definition) is 2. The quantitative estimate of drug-likeness (QED) is 0.553. The Labute approximate surface area is 193 Å². The lowest BCUT2D eigenvalue weighted by Gasteiger charge is -2.28. The predicted octanol–water partition coefficient (Wildman–Crippen LogP) is 4.59. The van der Waals surface area contributed by atoms with Crippen LogP contribution >= 0.6 is 0 Å². The molecule has 1 fully saturated rings. The topological polar surface area (TPSA) is 83.7 Å². The van der Waals surface area contributed by atoms with Crippen LogP contribution < -0.4 is 20.3 Å². The maximum atomic E-state index is 13.3. The lowest BCUT2D eigenvalue weighted by atomic mass is 9.96. The minimum absolute atomic E-state index is 0.150. The zero-order chi connectivity index (χ0) is 23.2. The van der Waals surface area contributed by atoms with Crippen LogP contribution in [0.25, 0.3) is 10.9 Å². The Kier molecular flexibility index (Phi) is 7.17. The zero-order valence-electron chi connectivity index (χ0n) is 19.2. The number of nitrogens with one attached hydrogen (secondary N) is 2. The van der Waals surface area contributed by atoms with Gasteiger partial charge in [-0.3, -0.25) is 4.79 Å². The smallest absolute Gasteiger partial charge is 0.318 e. The molecular weight excluding hydrogens is 418 g/mol. The zero-order valence-corrected chi connectivity index (χ0v) is 19.2. The molecule has 0 unspecified atom stereocenters. The number of urea groups is 1. The summed E-state index contributed by atoms with van der Waals surface area (Å²) in [4.78, 5) is 30.7. The fourth-order valence-electron chi connectivity index (χ4n) is 4.34. The van der Waals surface area contributed by atoms with Gasteiger partial charge in [-0.2, -0.15) is 0 Å². The number of methoxy groups -OCH3 is 2. The fraction of sp³-hybridized carbons (Fsp3) is 0.385. The number of H-pyrrole nitrogens is 1. The summed E-state index contributed by atoms with van der Waals surface area (Å²) >= 11 is 0. The Morgan fingerprint density at radius 2 is 1.67 bits per heavy atom. The molecule has 1 aliphatic rings. The van der Waals surface area contributed by atoms with E-state index in [0.717, 1.165) is 47.9 Å². The summed E-state index contributed by atoms with van der Waals surface area (Å²) in [6.45, 7) is 0.588. The summed E-state index contributed by atoms with van der Waals surface area (Å²) in [6, 6.07) is 15.0. The number of nitrogens with zero attached hydrogens (tertiary/aromatic N) is 1. The van der Waals surface area contributed by atoms with Crippen LogP contribution in [-0.4, -0.2) is 36.2 Å². The van der Waals surface area contributed by atoms with E-state index < -0.39 is 0 Å². The minimum atomic E-state index is -0.196. The molecule has 2 amide bonds. The van der Waals surface area contributed by atoms with Crippen molar-refractivity contribution in [3.8, 4) is 11.5 Å². The predicted molar refractivity (Wildman–Crippen MR) is 129 cm³/mol. The van der Waals surface area contributed by atoms with E-state index in [1.54, 1.807) is 19.1 Å². The van der Waals surface area contributed by atoms with Crippen LogP contribution in [-0.2, 0) is 13.1 Å². The SMILES string of the molecule is COc1ccc(CN(Cc2cc3cc(OC)ccc3[nH]c2=O)C(=O)NC2CCCCC2)cc1. The maximum absolute atomic E-state index is 13.3. The number of benzene rings is 2. The Balaban J connectivity index is 1.60. The molecular formula is C26H31N3O4. The summed E-state index contributed by atoms with van der Waals surface area (Å²) in [6.07, 6.45) is 5.49. The number of pyridine rings is 1. The van der Waals surface area contributed by atoms with E-state index in [9.17, 15) is 9.59 Å². The van der Waals surface area contributed by atoms with Crippen molar-refractivity contribution >= 4 is 16.9 Å². The van der Waals surface area contributed by atoms with E-state index >= 15 is 0 Å². The standard InChI is InChI=1S/C26H31N3O4/c1-32-22-10-8-18(9-11-22)16-29(26(31)27-21-6-4-3-5-7-21)17-20-14-19-15-23(33-2)12-13-24(19)28-25(20)30/h8-15,21H,3-7,16-17H2,1-2H3,(H,27,31)(H,28,30). The van der Waals surface area contributed by atoms with Crippen molar-refractivity contribution in [2.24, 2.45) is 0 Å². The van der Waals surface area contributed by atoms with Crippen LogP contribution in [0.2, 0.25) is 0 Å². The largest absolute Gasteiger partial charge is 0.497 e. The molecule has 1 aromatic heterocycles. The fourth-order valence-corrected chi connectivity index (χ4v) is 4.34. The first kappa shape index (κ1) is 22.7. The van der Waals surface area contributed by atoms with Crippen molar-refractivity contribution in [2.75, 3.05) is 14.2 Å². The van der Waals surface area contributed by atoms with Gasteiger partial charge in [0.25, 0.3) is 5.56 Å². The highest BCUT2D eigenvalue weighted by atomic mass is 16.5. The van der Waals surface area contributed by atoms with E-state index in [1.807, 2.05) is 48.5 Å². The number of carbonyl (C=O) groups is 1. The second-order valence-corrected chi connectivity index (χ2v) is 8.57. The van der Waals surface area contributed by atoms with Crippen molar-refractivity contribution in [1.29, 1.82) is 0 Å². The van der Waals surface area contributed by atoms with Crippen LogP contribution in [0.4, 0.5) is 4.79 Å². The van der Waals surface area contributed by atoms with Gasteiger partial charge in [-0.1, -0.05) is 31.4 Å². The van der Waals surface area contributed by atoms with Crippen molar-refractivity contribution < 1.29 is 14.3 Å². The number of amides is 2. The van der Waals surface area contributed by atoms with Gasteiger partial charge < -0.3 is 24.7 Å². The second kappa shape index (κ2) is 10.4. The van der Waals surface area contributed by atoms with Gasteiger partial charge in [0.1, 0.15) is 11.5 Å². The van der Waals surface area contributed by atoms with Crippen molar-refractivity contribution in [2.45, 2.75) is 51.2 Å². The van der Waals surface area contributed by atoms with E-state index in [1.165, 1.54) is 6.42 Å². The second-order valence-electron chi connectivity index (χ2n) is 8.57. The van der Waals surface area contributed by atoms with E-state index in [2.05, 4.69) is 10.3 Å². The van der Waals surface area contributed by atoms with Gasteiger partial charge in [0, 0.05) is 29.1 Å². The molecule has 2 aromatic carbocycles. The van der Waals surface area contributed by atoms with Gasteiger partial charge in [-0.05, 0) is 54.8 Å². The van der Waals surface area contributed by atoms with Crippen molar-refractivity contribution in [1.82, 2.24) is 15.2 Å². The summed E-state index contributed by atoms with van der Waals surface area (Å²) in [5.74, 6) is 1.47. The van der Waals surface area contributed by atoms with Gasteiger partial charge in [0.15, 0.2) is 0 Å². The molecule has 0 atom stereocenters. The Hall–Kier alpha value is -3.48. The first-order chi connectivity index (χ1) is 16.1. The van der Waals surface area contributed by atoms with Gasteiger partial charge in [0.2, 0.25) is 0 Å². The van der Waals surface area contributed by atoms with Crippen molar-refractivity contribution in [3.63, 3.8) is 0 Å². The Morgan fingerprint density at radius 1 is 0.970 bits per heavy atom. The molecule has 7 heteroatoms. The van der Waals surface area contributed by atoms with Crippen molar-refractivity contribution in [3.05, 3.63) is 70.0 Å². The van der Waals surface area contributed by atoms with Gasteiger partial charge >= 0.3 is 6.03 Å². The Morgan fingerprint density at radius 3 is 2.36 bits per heavy atom. The number of aromatic nitrogens is 1. The molecule has 0 spiro atoms. The van der Waals surface area contributed by atoms with Crippen LogP contribution in [0.5, 0.6) is 11.5 Å². The summed E-state index contributed by atoms with van der Waals surface area (Å²) in [5, 5.41) is 4.05. The van der Waals surface area contributed by atoms with Gasteiger partial charge in [-0.25, -0.2) is 4.79 Å². The molecule has 1 heterocycles. The van der Waals surface area contributed by atoms with Gasteiger partial charge in [0.05, 0.1) is 20.8 Å². The van der Waals surface area contributed by atoms with Crippen LogP contribution in [0.1, 0.15) is 43.2 Å². The number of hydrogen-bond acceptors (Lipinski definition) is 4. The van der Waals surface area contributed by atoms with Crippen LogP contribution in [0.3, 0.4) is 0 Å². The summed E-state index contributed by atoms with van der Waals surface area (Å²) in [7, 11) is 3.24. The monoisotopic (exact) mass is 449 g/mol. The number of carbonyl (C=O) groups excluding carboxylic acids is 1. The highest BCUT2D eigenvalue weighted by Gasteiger charge is 2.21. The number of ether oxygens (including phenoxy) is 2. The lowest BCUT2D eigenvalue weighted by molar-refractivity contribution is 0.184. The molecule has 2 N–H and O–H groups in total. The molecule has 1 saturated carbocycles. The van der Waals surface area contributed by atoms with Gasteiger partial charge in [-0.15, -0.1) is 0 Å². The molecule has 174 valence electrons. The average Bonchev–Trinajstić information content (AvgIpc) is 2.84. The van der Waals surface area contributed by atoms with E-state index in [0.29, 0.717) is 17.9 Å². The highest BCUT2D eigenvalue weighted by Crippen LogP contribution is 2.21. The third-order valence-electron chi connectivity index (χ3n) is 6.24. The number of aromatic amines is 1. The number of fused-ring (bicyclic) bond motifs is 1. The lowest BCUT2D eigenvalue weighted by Crippen LogP contribution is -2.45. The highest BCUT2D eigenvalue weighted by molar-refractivity contribution is 5.81. The van der Waals surface area contributed by atoms with E-state index in [4.69, 9.17) is 9.47 Å². The molecule has 1 aliphatic carbocycles. The molecule has 0 saturated heterocycles. The number of rotatable bonds is 7. The molecule has 4 rings (SSSR count). The first-order valence-corrected chi connectivity index (χ1v) is 11.4. The van der Waals surface area contributed by atoms with Crippen LogP contribution in [0, 0.1) is 0 Å². The van der Waals surface area contributed by atoms with E-state index in [-0.39, 0.29) is 24.2 Å². The normalized spacial score (nSPS) is 14.1.